The second-order valence-corrected chi connectivity index (χ2v) is 15.4. The second kappa shape index (κ2) is 11.0. The molecule has 0 aliphatic heterocycles. The van der Waals surface area contributed by atoms with Crippen molar-refractivity contribution in [2.24, 2.45) is 0 Å². The van der Waals surface area contributed by atoms with Crippen molar-refractivity contribution in [3.63, 3.8) is 0 Å². The number of hydrogen-bond donors (Lipinski definition) is 0. The van der Waals surface area contributed by atoms with Crippen LogP contribution in [0.4, 0.5) is 0 Å². The Kier molecular flexibility index (Phi) is 6.09. The molecule has 3 aromatic heterocycles. The molecule has 12 rings (SSSR count). The van der Waals surface area contributed by atoms with E-state index in [0.717, 1.165) is 44.4 Å². The number of rotatable bonds is 3. The fourth-order valence-corrected chi connectivity index (χ4v) is 9.47. The van der Waals surface area contributed by atoms with Crippen molar-refractivity contribution in [2.75, 3.05) is 0 Å². The monoisotopic (exact) mass is 702 g/mol. The summed E-state index contributed by atoms with van der Waals surface area (Å²) in [5.74, 6) is 0.662. The number of hydrogen-bond acceptors (Lipinski definition) is 2. The molecule has 0 saturated carbocycles. The highest BCUT2D eigenvalue weighted by molar-refractivity contribution is 6.20. The Morgan fingerprint density at radius 3 is 1.93 bits per heavy atom. The molecule has 3 heterocycles. The molecule has 0 fully saturated rings. The molecule has 0 saturated heterocycles. The zero-order chi connectivity index (χ0) is 36.4. The summed E-state index contributed by atoms with van der Waals surface area (Å²) in [5.41, 5.74) is 13.8. The van der Waals surface area contributed by atoms with Crippen molar-refractivity contribution >= 4 is 65.3 Å². The molecular weight excluding hydrogens is 669 g/mol. The zero-order valence-corrected chi connectivity index (χ0v) is 30.5. The summed E-state index contributed by atoms with van der Waals surface area (Å²) in [5, 5.41) is 8.32. The standard InChI is InChI=1S/C51H34N4/c1-51(2)42-21-11-8-18-35(42)36-25-24-33(27-43(36)51)49-38-20-9-12-22-44(38)52-50(53-49)55-45-23-13-10-19-37(45)40-29-41-39-26-31-14-6-7-15-32(31)28-46(39)54(47(41)30-48(40)55)34-16-4-3-5-17-34/h3-30H,1-2H3. The summed E-state index contributed by atoms with van der Waals surface area (Å²) in [6.45, 7) is 4.67. The van der Waals surface area contributed by atoms with Crippen molar-refractivity contribution < 1.29 is 0 Å². The average Bonchev–Trinajstić information content (AvgIpc) is 3.80. The second-order valence-electron chi connectivity index (χ2n) is 15.4. The van der Waals surface area contributed by atoms with E-state index < -0.39 is 0 Å². The molecule has 4 nitrogen and oxygen atoms in total. The van der Waals surface area contributed by atoms with Gasteiger partial charge in [0.15, 0.2) is 0 Å². The molecule has 258 valence electrons. The molecule has 8 aromatic carbocycles. The van der Waals surface area contributed by atoms with Gasteiger partial charge in [0.2, 0.25) is 5.95 Å². The third kappa shape index (κ3) is 4.22. The van der Waals surface area contributed by atoms with Crippen LogP contribution in [0.15, 0.2) is 170 Å². The van der Waals surface area contributed by atoms with E-state index in [1.807, 2.05) is 0 Å². The Labute approximate surface area is 317 Å². The highest BCUT2D eigenvalue weighted by Gasteiger charge is 2.35. The lowest BCUT2D eigenvalue weighted by Crippen LogP contribution is -2.15. The van der Waals surface area contributed by atoms with E-state index >= 15 is 0 Å². The van der Waals surface area contributed by atoms with Gasteiger partial charge in [0.05, 0.1) is 33.3 Å². The molecule has 0 amide bonds. The van der Waals surface area contributed by atoms with E-state index in [1.165, 1.54) is 60.1 Å². The average molecular weight is 703 g/mol. The van der Waals surface area contributed by atoms with Crippen LogP contribution in [-0.2, 0) is 5.41 Å². The molecule has 0 bridgehead atoms. The highest BCUT2D eigenvalue weighted by atomic mass is 15.2. The first-order valence-corrected chi connectivity index (χ1v) is 19.0. The molecular formula is C51H34N4. The summed E-state index contributed by atoms with van der Waals surface area (Å²) in [6.07, 6.45) is 0. The van der Waals surface area contributed by atoms with Gasteiger partial charge >= 0.3 is 0 Å². The minimum atomic E-state index is -0.116. The summed E-state index contributed by atoms with van der Waals surface area (Å²) < 4.78 is 4.69. The quantitative estimate of drug-likeness (QED) is 0.184. The Balaban J connectivity index is 1.16. The van der Waals surface area contributed by atoms with Gasteiger partial charge in [0.1, 0.15) is 0 Å². The number of benzene rings is 8. The van der Waals surface area contributed by atoms with Crippen molar-refractivity contribution in [3.05, 3.63) is 181 Å². The molecule has 0 atom stereocenters. The van der Waals surface area contributed by atoms with Gasteiger partial charge in [-0.1, -0.05) is 129 Å². The minimum Gasteiger partial charge on any atom is -0.309 e. The minimum absolute atomic E-state index is 0.116. The van der Waals surface area contributed by atoms with Gasteiger partial charge in [0.25, 0.3) is 0 Å². The largest absolute Gasteiger partial charge is 0.309 e. The van der Waals surface area contributed by atoms with Crippen LogP contribution < -0.4 is 0 Å². The molecule has 11 aromatic rings. The van der Waals surface area contributed by atoms with Gasteiger partial charge < -0.3 is 4.57 Å². The van der Waals surface area contributed by atoms with E-state index in [4.69, 9.17) is 9.97 Å². The fourth-order valence-electron chi connectivity index (χ4n) is 9.47. The molecule has 0 radical (unpaired) electrons. The molecule has 55 heavy (non-hydrogen) atoms. The van der Waals surface area contributed by atoms with Crippen LogP contribution in [0.25, 0.3) is 99.3 Å². The zero-order valence-electron chi connectivity index (χ0n) is 30.5. The van der Waals surface area contributed by atoms with Crippen LogP contribution in [0, 0.1) is 0 Å². The van der Waals surface area contributed by atoms with Gasteiger partial charge in [-0.2, -0.15) is 0 Å². The van der Waals surface area contributed by atoms with Crippen LogP contribution in [0.3, 0.4) is 0 Å². The molecule has 1 aliphatic carbocycles. The molecule has 0 unspecified atom stereocenters. The van der Waals surface area contributed by atoms with E-state index in [2.05, 4.69) is 193 Å². The first kappa shape index (κ1) is 30.4. The normalized spacial score (nSPS) is 13.4. The summed E-state index contributed by atoms with van der Waals surface area (Å²) >= 11 is 0. The van der Waals surface area contributed by atoms with E-state index in [0.29, 0.717) is 5.95 Å². The third-order valence-electron chi connectivity index (χ3n) is 12.1. The van der Waals surface area contributed by atoms with E-state index in [-0.39, 0.29) is 5.41 Å². The lowest BCUT2D eigenvalue weighted by atomic mass is 9.82. The first-order chi connectivity index (χ1) is 27.0. The van der Waals surface area contributed by atoms with Gasteiger partial charge in [-0.25, -0.2) is 9.97 Å². The van der Waals surface area contributed by atoms with Gasteiger partial charge in [-0.05, 0) is 87.6 Å². The predicted molar refractivity (Wildman–Crippen MR) is 229 cm³/mol. The maximum atomic E-state index is 5.52. The Morgan fingerprint density at radius 1 is 0.418 bits per heavy atom. The van der Waals surface area contributed by atoms with E-state index in [1.54, 1.807) is 0 Å². The lowest BCUT2D eigenvalue weighted by molar-refractivity contribution is 0.660. The summed E-state index contributed by atoms with van der Waals surface area (Å²) in [6, 6.07) is 61.6. The van der Waals surface area contributed by atoms with Crippen LogP contribution >= 0.6 is 0 Å². The maximum Gasteiger partial charge on any atom is 0.235 e. The Hall–Kier alpha value is -7.04. The Bertz CT molecular complexity index is 3400. The fraction of sp³-hybridized carbons (Fsp3) is 0.0588. The number of fused-ring (bicyclic) bond motifs is 11. The third-order valence-corrected chi connectivity index (χ3v) is 12.1. The van der Waals surface area contributed by atoms with E-state index in [9.17, 15) is 0 Å². The number of nitrogens with zero attached hydrogens (tertiary/aromatic N) is 4. The predicted octanol–water partition coefficient (Wildman–Crippen LogP) is 13.0. The maximum absolute atomic E-state index is 5.52. The van der Waals surface area contributed by atoms with Crippen LogP contribution in [0.1, 0.15) is 25.0 Å². The summed E-state index contributed by atoms with van der Waals surface area (Å²) in [4.78, 5) is 10.8. The van der Waals surface area contributed by atoms with Gasteiger partial charge in [-0.3, -0.25) is 4.57 Å². The lowest BCUT2D eigenvalue weighted by Gasteiger charge is -2.22. The molecule has 1 aliphatic rings. The smallest absolute Gasteiger partial charge is 0.235 e. The van der Waals surface area contributed by atoms with Gasteiger partial charge in [-0.15, -0.1) is 0 Å². The number of para-hydroxylation sites is 3. The van der Waals surface area contributed by atoms with Gasteiger partial charge in [0, 0.05) is 43.6 Å². The van der Waals surface area contributed by atoms with Crippen molar-refractivity contribution in [1.29, 1.82) is 0 Å². The SMILES string of the molecule is CC1(C)c2ccccc2-c2ccc(-c3nc(-n4c5ccccc5c5cc6c7cc8ccccc8cc7n(-c7ccccc7)c6cc54)nc4ccccc34)cc21. The van der Waals surface area contributed by atoms with Crippen molar-refractivity contribution in [3.8, 4) is 34.0 Å². The molecule has 4 heteroatoms. The van der Waals surface area contributed by atoms with Crippen LogP contribution in [0.5, 0.6) is 0 Å². The Morgan fingerprint density at radius 2 is 1.05 bits per heavy atom. The van der Waals surface area contributed by atoms with Crippen molar-refractivity contribution in [1.82, 2.24) is 19.1 Å². The van der Waals surface area contributed by atoms with Crippen LogP contribution in [0.2, 0.25) is 0 Å². The van der Waals surface area contributed by atoms with Crippen LogP contribution in [-0.4, -0.2) is 19.1 Å². The molecule has 0 N–H and O–H groups in total. The highest BCUT2D eigenvalue weighted by Crippen LogP contribution is 2.50. The summed E-state index contributed by atoms with van der Waals surface area (Å²) in [7, 11) is 0. The molecule has 0 spiro atoms. The number of aromatic nitrogens is 4. The topological polar surface area (TPSA) is 35.6 Å². The van der Waals surface area contributed by atoms with Crippen molar-refractivity contribution in [2.45, 2.75) is 19.3 Å². The first-order valence-electron chi connectivity index (χ1n) is 19.0.